The van der Waals surface area contributed by atoms with E-state index in [2.05, 4.69) is 26.8 Å². The average molecular weight is 304 g/mol. The molecule has 1 heterocycles. The first-order valence-corrected chi connectivity index (χ1v) is 7.22. The fraction of sp³-hybridized carbons (Fsp3) is 0.867. The Balaban J connectivity index is 2.62. The maximum absolute atomic E-state index is 12.2. The molecule has 21 heavy (non-hydrogen) atoms. The second-order valence-electron chi connectivity index (χ2n) is 6.86. The number of hydrogen-bond acceptors (Lipinski definition) is 2. The monoisotopic (exact) mass is 304 g/mol. The van der Waals surface area contributed by atoms with Gasteiger partial charge in [0.2, 0.25) is 5.91 Å². The number of likely N-dealkylation sites (tertiary alicyclic amines) is 1. The van der Waals surface area contributed by atoms with Gasteiger partial charge in [-0.25, -0.2) is 0 Å². The van der Waals surface area contributed by atoms with Crippen molar-refractivity contribution in [1.82, 2.24) is 4.90 Å². The van der Waals surface area contributed by atoms with E-state index in [1.165, 1.54) is 4.90 Å². The van der Waals surface area contributed by atoms with Gasteiger partial charge in [-0.05, 0) is 23.7 Å². The summed E-state index contributed by atoms with van der Waals surface area (Å²) >= 11 is 0. The van der Waals surface area contributed by atoms with Crippen molar-refractivity contribution in [3.63, 3.8) is 0 Å². The molecule has 0 aromatic carbocycles. The summed E-state index contributed by atoms with van der Waals surface area (Å²) in [7, 11) is 0. The summed E-state index contributed by atoms with van der Waals surface area (Å²) < 4.78 is 36.5. The second kappa shape index (κ2) is 6.25. The number of carbonyl (C=O) groups is 1. The molecule has 1 saturated heterocycles. The zero-order chi connectivity index (χ0) is 16.3. The van der Waals surface area contributed by atoms with Crippen LogP contribution >= 0.6 is 0 Å². The van der Waals surface area contributed by atoms with E-state index in [-0.39, 0.29) is 10.8 Å². The summed E-state index contributed by atoms with van der Waals surface area (Å²) in [5, 5.41) is 9.04. The Morgan fingerprint density at radius 1 is 1.24 bits per heavy atom. The quantitative estimate of drug-likeness (QED) is 0.793. The van der Waals surface area contributed by atoms with Crippen LogP contribution in [0.3, 0.4) is 0 Å². The van der Waals surface area contributed by atoms with E-state index in [0.717, 1.165) is 0 Å². The van der Waals surface area contributed by atoms with Crippen molar-refractivity contribution in [2.45, 2.75) is 59.1 Å². The van der Waals surface area contributed by atoms with Gasteiger partial charge in [-0.1, -0.05) is 20.8 Å². The van der Waals surface area contributed by atoms with Gasteiger partial charge < -0.3 is 4.90 Å². The molecule has 0 atom stereocenters. The molecule has 1 aliphatic rings. The fourth-order valence-corrected chi connectivity index (χ4v) is 2.93. The highest BCUT2D eigenvalue weighted by atomic mass is 19.4. The summed E-state index contributed by atoms with van der Waals surface area (Å²) in [6.07, 6.45) is -4.08. The van der Waals surface area contributed by atoms with Crippen LogP contribution in [0.25, 0.3) is 0 Å². The van der Waals surface area contributed by atoms with Crippen molar-refractivity contribution in [2.75, 3.05) is 13.1 Å². The smallest absolute Gasteiger partial charge is 0.343 e. The Labute approximate surface area is 124 Å². The average Bonchev–Trinajstić information content (AvgIpc) is 2.35. The Kier molecular flexibility index (Phi) is 5.30. The molecule has 1 aliphatic heterocycles. The SMILES string of the molecule is CC(C)(C)C1(CC#N)CCN(C(=O)CCC(F)(F)F)CC1. The minimum Gasteiger partial charge on any atom is -0.343 e. The van der Waals surface area contributed by atoms with Crippen LogP contribution in [0.1, 0.15) is 52.9 Å². The maximum Gasteiger partial charge on any atom is 0.389 e. The second-order valence-corrected chi connectivity index (χ2v) is 6.86. The van der Waals surface area contributed by atoms with Crippen molar-refractivity contribution in [3.05, 3.63) is 0 Å². The van der Waals surface area contributed by atoms with E-state index in [4.69, 9.17) is 5.26 Å². The Hall–Kier alpha value is -1.25. The summed E-state index contributed by atoms with van der Waals surface area (Å²) in [5.74, 6) is -0.438. The lowest BCUT2D eigenvalue weighted by molar-refractivity contribution is -0.151. The summed E-state index contributed by atoms with van der Waals surface area (Å²) in [6, 6.07) is 2.22. The predicted octanol–water partition coefficient (Wildman–Crippen LogP) is 3.90. The molecule has 1 fully saturated rings. The third kappa shape index (κ3) is 4.62. The van der Waals surface area contributed by atoms with Gasteiger partial charge >= 0.3 is 6.18 Å². The van der Waals surface area contributed by atoms with E-state index >= 15 is 0 Å². The van der Waals surface area contributed by atoms with Crippen molar-refractivity contribution >= 4 is 5.91 Å². The predicted molar refractivity (Wildman–Crippen MR) is 73.2 cm³/mol. The highest BCUT2D eigenvalue weighted by molar-refractivity contribution is 5.76. The lowest BCUT2D eigenvalue weighted by Gasteiger charge is -2.49. The van der Waals surface area contributed by atoms with Crippen LogP contribution in [-0.4, -0.2) is 30.1 Å². The normalized spacial score (nSPS) is 19.2. The molecule has 6 heteroatoms. The van der Waals surface area contributed by atoms with Gasteiger partial charge in [0, 0.05) is 25.9 Å². The maximum atomic E-state index is 12.2. The summed E-state index contributed by atoms with van der Waals surface area (Å²) in [6.45, 7) is 7.10. The molecule has 0 aliphatic carbocycles. The van der Waals surface area contributed by atoms with Gasteiger partial charge in [0.05, 0.1) is 12.5 Å². The number of carbonyl (C=O) groups excluding carboxylic acids is 1. The summed E-state index contributed by atoms with van der Waals surface area (Å²) in [4.78, 5) is 13.3. The molecule has 1 amide bonds. The van der Waals surface area contributed by atoms with Gasteiger partial charge in [0.15, 0.2) is 0 Å². The number of halogens is 3. The van der Waals surface area contributed by atoms with Crippen LogP contribution in [-0.2, 0) is 4.79 Å². The lowest BCUT2D eigenvalue weighted by atomic mass is 9.60. The molecule has 0 saturated carbocycles. The van der Waals surface area contributed by atoms with Crippen molar-refractivity contribution in [3.8, 4) is 6.07 Å². The number of nitriles is 1. The molecular formula is C15H23F3N2O. The van der Waals surface area contributed by atoms with Gasteiger partial charge in [0.1, 0.15) is 0 Å². The van der Waals surface area contributed by atoms with Gasteiger partial charge in [-0.15, -0.1) is 0 Å². The fourth-order valence-electron chi connectivity index (χ4n) is 2.93. The molecule has 0 unspecified atom stereocenters. The van der Waals surface area contributed by atoms with E-state index in [1.54, 1.807) is 0 Å². The first kappa shape index (κ1) is 17.8. The van der Waals surface area contributed by atoms with E-state index < -0.39 is 24.9 Å². The van der Waals surface area contributed by atoms with Crippen LogP contribution < -0.4 is 0 Å². The van der Waals surface area contributed by atoms with Crippen LogP contribution in [0.5, 0.6) is 0 Å². The Morgan fingerprint density at radius 2 is 1.76 bits per heavy atom. The third-order valence-electron chi connectivity index (χ3n) is 4.70. The molecule has 0 aromatic heterocycles. The number of alkyl halides is 3. The standard InChI is InChI=1S/C15H23F3N2O/c1-13(2,3)14(6-9-19)7-10-20(11-8-14)12(21)4-5-15(16,17)18/h4-8,10-11H2,1-3H3. The number of nitrogens with zero attached hydrogens (tertiary/aromatic N) is 2. The lowest BCUT2D eigenvalue weighted by Crippen LogP contribution is -2.48. The molecule has 1 rings (SSSR count). The number of piperidine rings is 1. The van der Waals surface area contributed by atoms with Gasteiger partial charge in [-0.2, -0.15) is 18.4 Å². The molecule has 0 spiro atoms. The van der Waals surface area contributed by atoms with Crippen molar-refractivity contribution in [1.29, 1.82) is 5.26 Å². The topological polar surface area (TPSA) is 44.1 Å². The van der Waals surface area contributed by atoms with E-state index in [1.807, 2.05) is 0 Å². The first-order valence-electron chi connectivity index (χ1n) is 7.22. The Bertz CT molecular complexity index is 410. The molecule has 3 nitrogen and oxygen atoms in total. The molecule has 0 bridgehead atoms. The van der Waals surface area contributed by atoms with Crippen LogP contribution in [0.15, 0.2) is 0 Å². The zero-order valence-corrected chi connectivity index (χ0v) is 12.9. The third-order valence-corrected chi connectivity index (χ3v) is 4.70. The number of amides is 1. The molecule has 0 radical (unpaired) electrons. The molecule has 0 N–H and O–H groups in total. The van der Waals surface area contributed by atoms with Crippen molar-refractivity contribution < 1.29 is 18.0 Å². The highest BCUT2D eigenvalue weighted by Gasteiger charge is 2.44. The van der Waals surface area contributed by atoms with Crippen LogP contribution in [0, 0.1) is 22.2 Å². The van der Waals surface area contributed by atoms with E-state index in [0.29, 0.717) is 32.4 Å². The minimum atomic E-state index is -4.29. The zero-order valence-electron chi connectivity index (χ0n) is 12.9. The highest BCUT2D eigenvalue weighted by Crippen LogP contribution is 2.49. The van der Waals surface area contributed by atoms with Gasteiger partial charge in [-0.3, -0.25) is 4.79 Å². The van der Waals surface area contributed by atoms with E-state index in [9.17, 15) is 18.0 Å². The largest absolute Gasteiger partial charge is 0.389 e. The van der Waals surface area contributed by atoms with Crippen LogP contribution in [0.2, 0.25) is 0 Å². The van der Waals surface area contributed by atoms with Crippen molar-refractivity contribution in [2.24, 2.45) is 10.8 Å². The molecule has 0 aromatic rings. The first-order chi connectivity index (χ1) is 9.51. The molecular weight excluding hydrogens is 281 g/mol. The molecule has 120 valence electrons. The number of rotatable bonds is 3. The number of hydrogen-bond donors (Lipinski definition) is 0. The Morgan fingerprint density at radius 3 is 2.14 bits per heavy atom. The van der Waals surface area contributed by atoms with Crippen LogP contribution in [0.4, 0.5) is 13.2 Å². The van der Waals surface area contributed by atoms with Gasteiger partial charge in [0.25, 0.3) is 0 Å². The minimum absolute atomic E-state index is 0.0656. The summed E-state index contributed by atoms with van der Waals surface area (Å²) in [5.41, 5.74) is -0.230.